The van der Waals surface area contributed by atoms with Gasteiger partial charge in [0, 0.05) is 26.1 Å². The molecule has 1 aliphatic heterocycles. The van der Waals surface area contributed by atoms with E-state index in [0.717, 1.165) is 25.9 Å². The van der Waals surface area contributed by atoms with E-state index >= 15 is 0 Å². The molecule has 1 saturated heterocycles. The van der Waals surface area contributed by atoms with Crippen molar-refractivity contribution in [2.75, 3.05) is 19.6 Å². The second kappa shape index (κ2) is 7.66. The van der Waals surface area contributed by atoms with Gasteiger partial charge < -0.3 is 15.3 Å². The standard InChI is InChI=1S/C16H28N2O3/c1-12-5-2-3-7-14(12)10-17-16(21)18-8-4-6-13(11-18)9-15(19)20/h12-14H,2-11H2,1H3,(H,17,21)(H,19,20). The first kappa shape index (κ1) is 16.1. The van der Waals surface area contributed by atoms with Gasteiger partial charge in [-0.2, -0.15) is 0 Å². The number of carboxylic acids is 1. The number of likely N-dealkylation sites (tertiary alicyclic amines) is 1. The van der Waals surface area contributed by atoms with E-state index in [2.05, 4.69) is 12.2 Å². The van der Waals surface area contributed by atoms with Crippen molar-refractivity contribution in [3.63, 3.8) is 0 Å². The highest BCUT2D eigenvalue weighted by Gasteiger charge is 2.26. The molecule has 3 unspecified atom stereocenters. The van der Waals surface area contributed by atoms with Crippen LogP contribution in [0.1, 0.15) is 51.9 Å². The Hall–Kier alpha value is -1.26. The summed E-state index contributed by atoms with van der Waals surface area (Å²) in [5.74, 6) is 0.636. The van der Waals surface area contributed by atoms with Gasteiger partial charge in [-0.05, 0) is 37.0 Å². The van der Waals surface area contributed by atoms with Crippen molar-refractivity contribution in [3.8, 4) is 0 Å². The van der Waals surface area contributed by atoms with E-state index in [-0.39, 0.29) is 18.4 Å². The van der Waals surface area contributed by atoms with Crippen LogP contribution in [0.3, 0.4) is 0 Å². The summed E-state index contributed by atoms with van der Waals surface area (Å²) in [5.41, 5.74) is 0. The molecule has 0 spiro atoms. The number of rotatable bonds is 4. The number of amides is 2. The molecule has 21 heavy (non-hydrogen) atoms. The molecule has 0 aromatic rings. The van der Waals surface area contributed by atoms with Crippen molar-refractivity contribution in [1.82, 2.24) is 10.2 Å². The van der Waals surface area contributed by atoms with Gasteiger partial charge in [-0.3, -0.25) is 4.79 Å². The number of piperidine rings is 1. The summed E-state index contributed by atoms with van der Waals surface area (Å²) in [6, 6.07) is -0.0112. The minimum atomic E-state index is -0.765. The van der Waals surface area contributed by atoms with Gasteiger partial charge in [0.25, 0.3) is 0 Å². The zero-order valence-electron chi connectivity index (χ0n) is 13.0. The van der Waals surface area contributed by atoms with Gasteiger partial charge in [-0.1, -0.05) is 26.2 Å². The maximum Gasteiger partial charge on any atom is 0.317 e. The summed E-state index contributed by atoms with van der Waals surface area (Å²) in [6.07, 6.45) is 7.06. The summed E-state index contributed by atoms with van der Waals surface area (Å²) in [4.78, 5) is 24.8. The van der Waals surface area contributed by atoms with E-state index in [9.17, 15) is 9.59 Å². The van der Waals surface area contributed by atoms with Gasteiger partial charge in [0.15, 0.2) is 0 Å². The Morgan fingerprint density at radius 2 is 1.95 bits per heavy atom. The Bertz CT molecular complexity index is 373. The molecule has 0 aromatic heterocycles. The van der Waals surface area contributed by atoms with Crippen molar-refractivity contribution in [2.24, 2.45) is 17.8 Å². The molecule has 2 aliphatic rings. The van der Waals surface area contributed by atoms with Gasteiger partial charge in [0.05, 0.1) is 0 Å². The maximum atomic E-state index is 12.2. The predicted octanol–water partition coefficient (Wildman–Crippen LogP) is 2.71. The number of carboxylic acid groups (broad SMARTS) is 1. The molecule has 120 valence electrons. The lowest BCUT2D eigenvalue weighted by atomic mass is 9.80. The molecule has 1 heterocycles. The van der Waals surface area contributed by atoms with Crippen LogP contribution in [-0.4, -0.2) is 41.6 Å². The third-order valence-corrected chi connectivity index (χ3v) is 5.07. The van der Waals surface area contributed by atoms with Crippen molar-refractivity contribution in [2.45, 2.75) is 51.9 Å². The Balaban J connectivity index is 1.75. The highest BCUT2D eigenvalue weighted by Crippen LogP contribution is 2.29. The van der Waals surface area contributed by atoms with Gasteiger partial charge in [-0.25, -0.2) is 4.79 Å². The second-order valence-corrected chi connectivity index (χ2v) is 6.76. The molecule has 0 bridgehead atoms. The number of aliphatic carboxylic acids is 1. The fourth-order valence-corrected chi connectivity index (χ4v) is 3.69. The predicted molar refractivity (Wildman–Crippen MR) is 81.1 cm³/mol. The van der Waals surface area contributed by atoms with Gasteiger partial charge >= 0.3 is 12.0 Å². The molecular weight excluding hydrogens is 268 g/mol. The van der Waals surface area contributed by atoms with Crippen molar-refractivity contribution in [3.05, 3.63) is 0 Å². The van der Waals surface area contributed by atoms with Crippen LogP contribution < -0.4 is 5.32 Å². The number of carbonyl (C=O) groups excluding carboxylic acids is 1. The van der Waals surface area contributed by atoms with Crippen LogP contribution in [0.4, 0.5) is 4.79 Å². The first-order valence-corrected chi connectivity index (χ1v) is 8.31. The molecule has 2 rings (SSSR count). The number of hydrogen-bond acceptors (Lipinski definition) is 2. The van der Waals surface area contributed by atoms with E-state index in [1.54, 1.807) is 4.90 Å². The molecule has 0 radical (unpaired) electrons. The molecular formula is C16H28N2O3. The Kier molecular flexibility index (Phi) is 5.88. The lowest BCUT2D eigenvalue weighted by Gasteiger charge is -2.34. The number of urea groups is 1. The Labute approximate surface area is 127 Å². The Morgan fingerprint density at radius 3 is 2.67 bits per heavy atom. The molecule has 5 heteroatoms. The van der Waals surface area contributed by atoms with Crippen molar-refractivity contribution >= 4 is 12.0 Å². The van der Waals surface area contributed by atoms with Gasteiger partial charge in [-0.15, -0.1) is 0 Å². The number of carbonyl (C=O) groups is 2. The van der Waals surface area contributed by atoms with Crippen LogP contribution >= 0.6 is 0 Å². The van der Waals surface area contributed by atoms with Crippen LogP contribution in [-0.2, 0) is 4.79 Å². The summed E-state index contributed by atoms with van der Waals surface area (Å²) in [7, 11) is 0. The molecule has 5 nitrogen and oxygen atoms in total. The number of hydrogen-bond donors (Lipinski definition) is 2. The van der Waals surface area contributed by atoms with E-state index < -0.39 is 5.97 Å². The van der Waals surface area contributed by atoms with E-state index in [4.69, 9.17) is 5.11 Å². The largest absolute Gasteiger partial charge is 0.481 e. The zero-order chi connectivity index (χ0) is 15.2. The lowest BCUT2D eigenvalue weighted by molar-refractivity contribution is -0.138. The average Bonchev–Trinajstić information content (AvgIpc) is 2.45. The van der Waals surface area contributed by atoms with E-state index in [1.807, 2.05) is 0 Å². The smallest absolute Gasteiger partial charge is 0.317 e. The van der Waals surface area contributed by atoms with Gasteiger partial charge in [0.2, 0.25) is 0 Å². The van der Waals surface area contributed by atoms with E-state index in [1.165, 1.54) is 25.7 Å². The molecule has 3 atom stereocenters. The lowest BCUT2D eigenvalue weighted by Crippen LogP contribution is -2.47. The summed E-state index contributed by atoms with van der Waals surface area (Å²) < 4.78 is 0. The minimum absolute atomic E-state index is 0.0112. The summed E-state index contributed by atoms with van der Waals surface area (Å²) >= 11 is 0. The Morgan fingerprint density at radius 1 is 1.19 bits per heavy atom. The molecule has 2 amide bonds. The highest BCUT2D eigenvalue weighted by molar-refractivity contribution is 5.74. The number of nitrogens with one attached hydrogen (secondary N) is 1. The topological polar surface area (TPSA) is 69.6 Å². The molecule has 2 N–H and O–H groups in total. The monoisotopic (exact) mass is 296 g/mol. The molecule has 0 aromatic carbocycles. The van der Waals surface area contributed by atoms with Crippen molar-refractivity contribution in [1.29, 1.82) is 0 Å². The molecule has 1 aliphatic carbocycles. The number of nitrogens with zero attached hydrogens (tertiary/aromatic N) is 1. The first-order valence-electron chi connectivity index (χ1n) is 8.31. The highest BCUT2D eigenvalue weighted by atomic mass is 16.4. The second-order valence-electron chi connectivity index (χ2n) is 6.76. The zero-order valence-corrected chi connectivity index (χ0v) is 13.0. The maximum absolute atomic E-state index is 12.2. The first-order chi connectivity index (χ1) is 10.1. The fraction of sp³-hybridized carbons (Fsp3) is 0.875. The molecule has 1 saturated carbocycles. The van der Waals surface area contributed by atoms with Gasteiger partial charge in [0.1, 0.15) is 0 Å². The van der Waals surface area contributed by atoms with Crippen LogP contribution in [0.2, 0.25) is 0 Å². The SMILES string of the molecule is CC1CCCCC1CNC(=O)N1CCCC(CC(=O)O)C1. The fourth-order valence-electron chi connectivity index (χ4n) is 3.69. The quantitative estimate of drug-likeness (QED) is 0.838. The van der Waals surface area contributed by atoms with Crippen LogP contribution in [0.5, 0.6) is 0 Å². The summed E-state index contributed by atoms with van der Waals surface area (Å²) in [5, 5.41) is 11.9. The normalized spacial score (nSPS) is 30.0. The van der Waals surface area contributed by atoms with Crippen LogP contribution in [0.25, 0.3) is 0 Å². The van der Waals surface area contributed by atoms with Crippen LogP contribution in [0.15, 0.2) is 0 Å². The van der Waals surface area contributed by atoms with Crippen molar-refractivity contribution < 1.29 is 14.7 Å². The third-order valence-electron chi connectivity index (χ3n) is 5.07. The average molecular weight is 296 g/mol. The minimum Gasteiger partial charge on any atom is -0.481 e. The summed E-state index contributed by atoms with van der Waals surface area (Å²) in [6.45, 7) is 4.38. The van der Waals surface area contributed by atoms with Crippen LogP contribution in [0, 0.1) is 17.8 Å². The van der Waals surface area contributed by atoms with E-state index in [0.29, 0.717) is 18.4 Å². The molecule has 2 fully saturated rings. The third kappa shape index (κ3) is 4.90.